The third-order valence-electron chi connectivity index (χ3n) is 3.84. The Kier molecular flexibility index (Phi) is 11.9. The fourth-order valence-corrected chi connectivity index (χ4v) is 2.49. The molecule has 2 aromatic carbocycles. The summed E-state index contributed by atoms with van der Waals surface area (Å²) in [5.74, 6) is 3.13. The fraction of sp³-hybridized carbons (Fsp3) is 0.381. The van der Waals surface area contributed by atoms with Gasteiger partial charge in [0, 0.05) is 20.1 Å². The normalized spacial score (nSPS) is 10.6. The topological polar surface area (TPSA) is 64.1 Å². The highest BCUT2D eigenvalue weighted by atomic mass is 127. The fourth-order valence-electron chi connectivity index (χ4n) is 2.49. The van der Waals surface area contributed by atoms with Crippen molar-refractivity contribution in [3.63, 3.8) is 0 Å². The minimum atomic E-state index is 0. The van der Waals surface area contributed by atoms with E-state index in [0.717, 1.165) is 41.7 Å². The summed E-state index contributed by atoms with van der Waals surface area (Å²) in [6.45, 7) is 4.63. The number of aliphatic imine (C=N–C) groups is 1. The monoisotopic (exact) mass is 499 g/mol. The highest BCUT2D eigenvalue weighted by Crippen LogP contribution is 2.27. The maximum atomic E-state index is 5.68. The largest absolute Gasteiger partial charge is 0.494 e. The molecule has 0 spiro atoms. The molecular formula is C21H30IN3O3. The van der Waals surface area contributed by atoms with Crippen molar-refractivity contribution >= 4 is 29.9 Å². The molecule has 2 aromatic rings. The van der Waals surface area contributed by atoms with Crippen LogP contribution < -0.4 is 24.8 Å². The molecular weight excluding hydrogens is 469 g/mol. The van der Waals surface area contributed by atoms with Gasteiger partial charge < -0.3 is 24.8 Å². The number of hydrogen-bond donors (Lipinski definition) is 2. The Hall–Kier alpha value is -2.16. The van der Waals surface area contributed by atoms with Crippen molar-refractivity contribution in [1.82, 2.24) is 10.6 Å². The SMILES string of the molecule is CCOc1cc(CNC(=NC)NCCCOc2ccccc2)ccc1OC.I. The van der Waals surface area contributed by atoms with E-state index in [9.17, 15) is 0 Å². The highest BCUT2D eigenvalue weighted by molar-refractivity contribution is 14.0. The van der Waals surface area contributed by atoms with Gasteiger partial charge in [-0.3, -0.25) is 4.99 Å². The second kappa shape index (κ2) is 13.9. The molecule has 0 aliphatic rings. The number of para-hydroxylation sites is 1. The quantitative estimate of drug-likeness (QED) is 0.225. The van der Waals surface area contributed by atoms with Crippen molar-refractivity contribution in [2.24, 2.45) is 4.99 Å². The molecule has 0 amide bonds. The van der Waals surface area contributed by atoms with Crippen LogP contribution in [0.5, 0.6) is 17.2 Å². The van der Waals surface area contributed by atoms with Crippen molar-refractivity contribution < 1.29 is 14.2 Å². The van der Waals surface area contributed by atoms with Crippen molar-refractivity contribution in [3.8, 4) is 17.2 Å². The summed E-state index contributed by atoms with van der Waals surface area (Å²) in [6, 6.07) is 15.7. The molecule has 0 bridgehead atoms. The number of hydrogen-bond acceptors (Lipinski definition) is 4. The van der Waals surface area contributed by atoms with Crippen LogP contribution in [0.4, 0.5) is 0 Å². The van der Waals surface area contributed by atoms with Gasteiger partial charge in [0.1, 0.15) is 5.75 Å². The molecule has 0 aromatic heterocycles. The Morgan fingerprint density at radius 3 is 2.46 bits per heavy atom. The van der Waals surface area contributed by atoms with Crippen molar-refractivity contribution in [3.05, 3.63) is 54.1 Å². The van der Waals surface area contributed by atoms with Gasteiger partial charge in [-0.2, -0.15) is 0 Å². The summed E-state index contributed by atoms with van der Waals surface area (Å²) >= 11 is 0. The second-order valence-corrected chi connectivity index (χ2v) is 5.79. The zero-order valence-electron chi connectivity index (χ0n) is 16.7. The zero-order valence-corrected chi connectivity index (χ0v) is 19.1. The Labute approximate surface area is 184 Å². The van der Waals surface area contributed by atoms with E-state index >= 15 is 0 Å². The Balaban J connectivity index is 0.00000392. The van der Waals surface area contributed by atoms with E-state index in [-0.39, 0.29) is 24.0 Å². The number of nitrogens with zero attached hydrogens (tertiary/aromatic N) is 1. The second-order valence-electron chi connectivity index (χ2n) is 5.79. The molecule has 0 radical (unpaired) electrons. The van der Waals surface area contributed by atoms with Gasteiger partial charge in [-0.1, -0.05) is 24.3 Å². The Morgan fingerprint density at radius 2 is 1.79 bits per heavy atom. The first-order chi connectivity index (χ1) is 13.3. The molecule has 0 heterocycles. The van der Waals surface area contributed by atoms with Crippen LogP contribution in [0.2, 0.25) is 0 Å². The van der Waals surface area contributed by atoms with Gasteiger partial charge in [-0.25, -0.2) is 0 Å². The van der Waals surface area contributed by atoms with Crippen LogP contribution in [0.3, 0.4) is 0 Å². The third kappa shape index (κ3) is 8.24. The number of ether oxygens (including phenoxy) is 3. The minimum absolute atomic E-state index is 0. The number of rotatable bonds is 10. The van der Waals surface area contributed by atoms with E-state index in [4.69, 9.17) is 14.2 Å². The third-order valence-corrected chi connectivity index (χ3v) is 3.84. The summed E-state index contributed by atoms with van der Waals surface area (Å²) in [5, 5.41) is 6.59. The van der Waals surface area contributed by atoms with Crippen LogP contribution in [0, 0.1) is 0 Å². The van der Waals surface area contributed by atoms with Crippen molar-refractivity contribution in [1.29, 1.82) is 0 Å². The van der Waals surface area contributed by atoms with E-state index in [1.54, 1.807) is 14.2 Å². The molecule has 154 valence electrons. The number of benzene rings is 2. The van der Waals surface area contributed by atoms with Crippen LogP contribution >= 0.6 is 24.0 Å². The van der Waals surface area contributed by atoms with Crippen LogP contribution in [0.25, 0.3) is 0 Å². The number of nitrogens with one attached hydrogen (secondary N) is 2. The lowest BCUT2D eigenvalue weighted by atomic mass is 10.2. The molecule has 28 heavy (non-hydrogen) atoms. The molecule has 6 nitrogen and oxygen atoms in total. The maximum Gasteiger partial charge on any atom is 0.191 e. The average molecular weight is 499 g/mol. The van der Waals surface area contributed by atoms with Gasteiger partial charge in [0.2, 0.25) is 0 Å². The van der Waals surface area contributed by atoms with Gasteiger partial charge in [-0.05, 0) is 43.2 Å². The first kappa shape index (κ1) is 23.9. The predicted molar refractivity (Wildman–Crippen MR) is 124 cm³/mol. The van der Waals surface area contributed by atoms with Crippen LogP contribution in [0.1, 0.15) is 18.9 Å². The summed E-state index contributed by atoms with van der Waals surface area (Å²) in [6.07, 6.45) is 0.882. The maximum absolute atomic E-state index is 5.68. The van der Waals surface area contributed by atoms with E-state index < -0.39 is 0 Å². The highest BCUT2D eigenvalue weighted by Gasteiger charge is 2.06. The van der Waals surface area contributed by atoms with E-state index in [2.05, 4.69) is 15.6 Å². The molecule has 0 unspecified atom stereocenters. The number of methoxy groups -OCH3 is 1. The lowest BCUT2D eigenvalue weighted by molar-refractivity contribution is 0.310. The first-order valence-electron chi connectivity index (χ1n) is 9.19. The smallest absolute Gasteiger partial charge is 0.191 e. The zero-order chi connectivity index (χ0) is 19.3. The van der Waals surface area contributed by atoms with Gasteiger partial charge in [0.05, 0.1) is 20.3 Å². The molecule has 0 aliphatic heterocycles. The molecule has 0 aliphatic carbocycles. The standard InChI is InChI=1S/C21H29N3O3.HI/c1-4-26-20-15-17(11-12-19(20)25-3)16-24-21(22-2)23-13-8-14-27-18-9-6-5-7-10-18;/h5-7,9-12,15H,4,8,13-14,16H2,1-3H3,(H2,22,23,24);1H. The number of halogens is 1. The molecule has 0 atom stereocenters. The summed E-state index contributed by atoms with van der Waals surface area (Å²) < 4.78 is 16.6. The molecule has 2 rings (SSSR count). The lowest BCUT2D eigenvalue weighted by Crippen LogP contribution is -2.37. The van der Waals surface area contributed by atoms with Gasteiger partial charge in [-0.15, -0.1) is 24.0 Å². The van der Waals surface area contributed by atoms with Gasteiger partial charge in [0.15, 0.2) is 17.5 Å². The summed E-state index contributed by atoms with van der Waals surface area (Å²) in [7, 11) is 3.40. The van der Waals surface area contributed by atoms with Crippen LogP contribution in [0.15, 0.2) is 53.5 Å². The van der Waals surface area contributed by atoms with Crippen LogP contribution in [-0.4, -0.2) is 39.9 Å². The molecule has 0 fully saturated rings. The average Bonchev–Trinajstić information content (AvgIpc) is 2.71. The molecule has 0 saturated carbocycles. The molecule has 7 heteroatoms. The molecule has 0 saturated heterocycles. The van der Waals surface area contributed by atoms with E-state index in [1.165, 1.54) is 0 Å². The van der Waals surface area contributed by atoms with Crippen molar-refractivity contribution in [2.75, 3.05) is 33.9 Å². The lowest BCUT2D eigenvalue weighted by Gasteiger charge is -2.14. The molecule has 2 N–H and O–H groups in total. The van der Waals surface area contributed by atoms with Gasteiger partial charge in [0.25, 0.3) is 0 Å². The van der Waals surface area contributed by atoms with E-state index in [0.29, 0.717) is 19.8 Å². The van der Waals surface area contributed by atoms with Crippen molar-refractivity contribution in [2.45, 2.75) is 19.9 Å². The Bertz CT molecular complexity index is 711. The minimum Gasteiger partial charge on any atom is -0.494 e. The summed E-state index contributed by atoms with van der Waals surface area (Å²) in [4.78, 5) is 4.25. The Morgan fingerprint density at radius 1 is 1.00 bits per heavy atom. The van der Waals surface area contributed by atoms with E-state index in [1.807, 2.05) is 55.5 Å². The first-order valence-corrected chi connectivity index (χ1v) is 9.19. The summed E-state index contributed by atoms with van der Waals surface area (Å²) in [5.41, 5.74) is 1.09. The number of guanidine groups is 1. The van der Waals surface area contributed by atoms with Gasteiger partial charge >= 0.3 is 0 Å². The van der Waals surface area contributed by atoms with Crippen LogP contribution in [-0.2, 0) is 6.54 Å². The predicted octanol–water partition coefficient (Wildman–Crippen LogP) is 3.85.